The van der Waals surface area contributed by atoms with Crippen molar-refractivity contribution in [3.05, 3.63) is 83.4 Å². The Bertz CT molecular complexity index is 984. The Hall–Kier alpha value is -3.68. The molecule has 2 N–H and O–H groups in total. The van der Waals surface area contributed by atoms with E-state index in [0.29, 0.717) is 24.6 Å². The second-order valence-corrected chi connectivity index (χ2v) is 6.61. The molecule has 3 aromatic rings. The largest absolute Gasteiger partial charge is 0.457 e. The standard InChI is InChI=1S/C22H26N6O2/c1-3-23-22(25-14-20-26-16-27-28(20)2)24-13-18-10-7-11-19(12-18)21(29)30-15-17-8-5-4-6-9-17/h4-12,16H,3,13-15H2,1-2H3,(H2,23,24,25). The number of hydrogen-bond donors (Lipinski definition) is 2. The molecule has 8 nitrogen and oxygen atoms in total. The molecule has 0 unspecified atom stereocenters. The van der Waals surface area contributed by atoms with E-state index in [1.807, 2.05) is 62.5 Å². The summed E-state index contributed by atoms with van der Waals surface area (Å²) >= 11 is 0. The van der Waals surface area contributed by atoms with E-state index in [1.54, 1.807) is 10.7 Å². The van der Waals surface area contributed by atoms with Crippen LogP contribution in [0.5, 0.6) is 0 Å². The maximum Gasteiger partial charge on any atom is 0.338 e. The molecule has 3 rings (SSSR count). The number of benzene rings is 2. The molecule has 30 heavy (non-hydrogen) atoms. The van der Waals surface area contributed by atoms with Crippen LogP contribution in [0.3, 0.4) is 0 Å². The quantitative estimate of drug-likeness (QED) is 0.339. The van der Waals surface area contributed by atoms with Crippen LogP contribution in [-0.4, -0.2) is 33.2 Å². The summed E-state index contributed by atoms with van der Waals surface area (Å²) in [5, 5.41) is 10.5. The van der Waals surface area contributed by atoms with Gasteiger partial charge in [0.05, 0.1) is 18.7 Å². The van der Waals surface area contributed by atoms with Gasteiger partial charge in [0.25, 0.3) is 0 Å². The average Bonchev–Trinajstić information content (AvgIpc) is 3.19. The topological polar surface area (TPSA) is 93.4 Å². The number of esters is 1. The molecule has 0 fully saturated rings. The summed E-state index contributed by atoms with van der Waals surface area (Å²) in [5.74, 6) is 1.12. The first kappa shape index (κ1) is 21.0. The van der Waals surface area contributed by atoms with Gasteiger partial charge in [-0.05, 0) is 30.2 Å². The van der Waals surface area contributed by atoms with Crippen LogP contribution in [-0.2, 0) is 31.5 Å². The number of aliphatic imine (C=N–C) groups is 1. The van der Waals surface area contributed by atoms with E-state index < -0.39 is 0 Å². The van der Waals surface area contributed by atoms with Gasteiger partial charge in [-0.15, -0.1) is 0 Å². The monoisotopic (exact) mass is 406 g/mol. The van der Waals surface area contributed by atoms with Gasteiger partial charge in [0.15, 0.2) is 5.96 Å². The van der Waals surface area contributed by atoms with Crippen LogP contribution in [0.2, 0.25) is 0 Å². The number of rotatable bonds is 8. The summed E-state index contributed by atoms with van der Waals surface area (Å²) in [6.07, 6.45) is 1.52. The number of guanidine groups is 1. The van der Waals surface area contributed by atoms with Crippen molar-refractivity contribution in [3.8, 4) is 0 Å². The summed E-state index contributed by atoms with van der Waals surface area (Å²) in [5.41, 5.74) is 2.38. The molecule has 0 saturated carbocycles. The van der Waals surface area contributed by atoms with Crippen molar-refractivity contribution in [3.63, 3.8) is 0 Å². The molecule has 0 amide bonds. The lowest BCUT2D eigenvalue weighted by atomic mass is 10.1. The highest BCUT2D eigenvalue weighted by Crippen LogP contribution is 2.10. The highest BCUT2D eigenvalue weighted by atomic mass is 16.5. The maximum atomic E-state index is 12.4. The van der Waals surface area contributed by atoms with Gasteiger partial charge in [-0.3, -0.25) is 4.68 Å². The molecule has 1 aromatic heterocycles. The van der Waals surface area contributed by atoms with Crippen LogP contribution in [0, 0.1) is 0 Å². The van der Waals surface area contributed by atoms with Crippen molar-refractivity contribution in [1.29, 1.82) is 0 Å². The number of nitrogens with zero attached hydrogens (tertiary/aromatic N) is 4. The van der Waals surface area contributed by atoms with Gasteiger partial charge in [0.1, 0.15) is 18.8 Å². The third kappa shape index (κ3) is 6.16. The number of hydrogen-bond acceptors (Lipinski definition) is 5. The highest BCUT2D eigenvalue weighted by Gasteiger charge is 2.08. The fraction of sp³-hybridized carbons (Fsp3) is 0.273. The molecule has 1 heterocycles. The SMILES string of the molecule is CCNC(=NCc1cccc(C(=O)OCc2ccccc2)c1)NCc1ncnn1C. The second kappa shape index (κ2) is 10.8. The van der Waals surface area contributed by atoms with Crippen molar-refractivity contribution in [1.82, 2.24) is 25.4 Å². The van der Waals surface area contributed by atoms with Gasteiger partial charge in [-0.25, -0.2) is 14.8 Å². The third-order valence-corrected chi connectivity index (χ3v) is 4.36. The summed E-state index contributed by atoms with van der Waals surface area (Å²) in [7, 11) is 1.84. The van der Waals surface area contributed by atoms with Crippen molar-refractivity contribution >= 4 is 11.9 Å². The number of aromatic nitrogens is 3. The van der Waals surface area contributed by atoms with Crippen LogP contribution < -0.4 is 10.6 Å². The molecule has 2 aromatic carbocycles. The number of carbonyl (C=O) groups excluding carboxylic acids is 1. The lowest BCUT2D eigenvalue weighted by Crippen LogP contribution is -2.37. The van der Waals surface area contributed by atoms with Gasteiger partial charge in [-0.2, -0.15) is 5.10 Å². The lowest BCUT2D eigenvalue weighted by Gasteiger charge is -2.11. The van der Waals surface area contributed by atoms with Crippen LogP contribution in [0.1, 0.15) is 34.2 Å². The van der Waals surface area contributed by atoms with E-state index in [4.69, 9.17) is 4.74 Å². The third-order valence-electron chi connectivity index (χ3n) is 4.36. The minimum atomic E-state index is -0.350. The van der Waals surface area contributed by atoms with Gasteiger partial charge in [0.2, 0.25) is 0 Å². The molecule has 8 heteroatoms. The minimum Gasteiger partial charge on any atom is -0.457 e. The molecule has 156 valence electrons. The Morgan fingerprint density at radius 1 is 1.10 bits per heavy atom. The molecule has 0 bridgehead atoms. The number of aryl methyl sites for hydroxylation is 1. The first-order chi connectivity index (χ1) is 14.7. The number of ether oxygens (including phenoxy) is 1. The molecule has 0 aliphatic rings. The van der Waals surface area contributed by atoms with Gasteiger partial charge >= 0.3 is 5.97 Å². The van der Waals surface area contributed by atoms with Crippen LogP contribution in [0.25, 0.3) is 0 Å². The molecular weight excluding hydrogens is 380 g/mol. The molecule has 0 spiro atoms. The Kier molecular flexibility index (Phi) is 7.54. The Morgan fingerprint density at radius 2 is 1.90 bits per heavy atom. The predicted molar refractivity (Wildman–Crippen MR) is 115 cm³/mol. The summed E-state index contributed by atoms with van der Waals surface area (Å²) in [6.45, 7) is 3.92. The maximum absolute atomic E-state index is 12.4. The molecule has 0 saturated heterocycles. The normalized spacial score (nSPS) is 11.2. The van der Waals surface area contributed by atoms with Crippen LogP contribution in [0.15, 0.2) is 65.9 Å². The number of carbonyl (C=O) groups is 1. The second-order valence-electron chi connectivity index (χ2n) is 6.61. The van der Waals surface area contributed by atoms with E-state index >= 15 is 0 Å². The summed E-state index contributed by atoms with van der Waals surface area (Å²) in [6, 6.07) is 16.9. The zero-order valence-corrected chi connectivity index (χ0v) is 17.2. The first-order valence-electron chi connectivity index (χ1n) is 9.80. The zero-order valence-electron chi connectivity index (χ0n) is 17.2. The van der Waals surface area contributed by atoms with E-state index in [9.17, 15) is 4.79 Å². The van der Waals surface area contributed by atoms with Gasteiger partial charge < -0.3 is 15.4 Å². The van der Waals surface area contributed by atoms with E-state index in [0.717, 1.165) is 23.5 Å². The summed E-state index contributed by atoms with van der Waals surface area (Å²) < 4.78 is 7.12. The lowest BCUT2D eigenvalue weighted by molar-refractivity contribution is 0.0472. The Balaban J connectivity index is 1.59. The predicted octanol–water partition coefficient (Wildman–Crippen LogP) is 2.43. The first-order valence-corrected chi connectivity index (χ1v) is 9.80. The Morgan fingerprint density at radius 3 is 2.63 bits per heavy atom. The summed E-state index contributed by atoms with van der Waals surface area (Å²) in [4.78, 5) is 21.2. The fourth-order valence-electron chi connectivity index (χ4n) is 2.76. The number of nitrogens with one attached hydrogen (secondary N) is 2. The van der Waals surface area contributed by atoms with Crippen LogP contribution in [0.4, 0.5) is 0 Å². The van der Waals surface area contributed by atoms with E-state index in [2.05, 4.69) is 25.7 Å². The van der Waals surface area contributed by atoms with Gasteiger partial charge in [0, 0.05) is 13.6 Å². The van der Waals surface area contributed by atoms with Gasteiger partial charge in [-0.1, -0.05) is 42.5 Å². The molecule has 0 radical (unpaired) electrons. The molecule has 0 aliphatic carbocycles. The molecule has 0 atom stereocenters. The van der Waals surface area contributed by atoms with E-state index in [1.165, 1.54) is 6.33 Å². The van der Waals surface area contributed by atoms with Crippen molar-refractivity contribution in [2.75, 3.05) is 6.54 Å². The van der Waals surface area contributed by atoms with E-state index in [-0.39, 0.29) is 12.6 Å². The molecular formula is C22H26N6O2. The molecule has 0 aliphatic heterocycles. The smallest absolute Gasteiger partial charge is 0.338 e. The fourth-order valence-corrected chi connectivity index (χ4v) is 2.76. The minimum absolute atomic E-state index is 0.249. The van der Waals surface area contributed by atoms with Crippen molar-refractivity contribution in [2.45, 2.75) is 26.6 Å². The highest BCUT2D eigenvalue weighted by molar-refractivity contribution is 5.89. The average molecular weight is 406 g/mol. The Labute approximate surface area is 176 Å². The van der Waals surface area contributed by atoms with Crippen molar-refractivity contribution in [2.24, 2.45) is 12.0 Å². The van der Waals surface area contributed by atoms with Crippen molar-refractivity contribution < 1.29 is 9.53 Å². The zero-order chi connectivity index (χ0) is 21.2. The van der Waals surface area contributed by atoms with Crippen LogP contribution >= 0.6 is 0 Å².